The highest BCUT2D eigenvalue weighted by Crippen LogP contribution is 2.39. The van der Waals surface area contributed by atoms with Gasteiger partial charge < -0.3 is 9.64 Å². The normalized spacial score (nSPS) is 21.4. The first kappa shape index (κ1) is 32.4. The molecule has 2 aromatic carbocycles. The number of nitrogens with zero attached hydrogens (tertiary/aromatic N) is 3. The van der Waals surface area contributed by atoms with Gasteiger partial charge in [-0.1, -0.05) is 35.9 Å². The molecule has 0 saturated carbocycles. The maximum Gasteiger partial charge on any atom is 0.324 e. The molecule has 2 fully saturated rings. The van der Waals surface area contributed by atoms with Gasteiger partial charge in [0, 0.05) is 55.7 Å². The highest BCUT2D eigenvalue weighted by Gasteiger charge is 2.45. The van der Waals surface area contributed by atoms with Gasteiger partial charge in [0.25, 0.3) is 0 Å². The summed E-state index contributed by atoms with van der Waals surface area (Å²) in [5, 5.41) is 0.348. The molecule has 0 N–H and O–H groups in total. The molecule has 0 bridgehead atoms. The first-order chi connectivity index (χ1) is 19.5. The number of hydrogen-bond acceptors (Lipinski definition) is 5. The van der Waals surface area contributed by atoms with Crippen LogP contribution >= 0.6 is 11.6 Å². The number of esters is 1. The molecule has 230 valence electrons. The first-order valence-electron chi connectivity index (χ1n) is 15.1. The van der Waals surface area contributed by atoms with Crippen LogP contribution in [0.2, 0.25) is 5.02 Å². The van der Waals surface area contributed by atoms with Crippen molar-refractivity contribution in [2.45, 2.75) is 84.9 Å². The average molecular weight is 600 g/mol. The van der Waals surface area contributed by atoms with Crippen molar-refractivity contribution >= 4 is 23.5 Å². The average Bonchev–Trinajstić information content (AvgIpc) is 3.34. The lowest BCUT2D eigenvalue weighted by Crippen LogP contribution is -2.56. The van der Waals surface area contributed by atoms with Crippen molar-refractivity contribution in [1.29, 1.82) is 0 Å². The smallest absolute Gasteiger partial charge is 0.324 e. The fraction of sp³-hybridized carbons (Fsp3) is 0.588. The van der Waals surface area contributed by atoms with Crippen LogP contribution in [0, 0.1) is 25.6 Å². The third-order valence-electron chi connectivity index (χ3n) is 8.69. The minimum atomic E-state index is -0.594. The minimum Gasteiger partial charge on any atom is -0.459 e. The molecule has 1 amide bonds. The summed E-state index contributed by atoms with van der Waals surface area (Å²) < 4.78 is 20.9. The Kier molecular flexibility index (Phi) is 9.75. The summed E-state index contributed by atoms with van der Waals surface area (Å²) in [4.78, 5) is 33.8. The van der Waals surface area contributed by atoms with Crippen LogP contribution < -0.4 is 0 Å². The second kappa shape index (κ2) is 12.6. The Labute approximate surface area is 256 Å². The molecule has 0 aromatic heterocycles. The number of likely N-dealkylation sites (tertiary alicyclic amines) is 1. The van der Waals surface area contributed by atoms with Crippen molar-refractivity contribution in [1.82, 2.24) is 14.7 Å². The summed E-state index contributed by atoms with van der Waals surface area (Å²) in [5.74, 6) is -1.17. The number of carbonyl (C=O) groups excluding carboxylic acids is 2. The lowest BCUT2D eigenvalue weighted by Gasteiger charge is -2.40. The summed E-state index contributed by atoms with van der Waals surface area (Å²) in [6.07, 6.45) is 0.547. The van der Waals surface area contributed by atoms with Crippen LogP contribution in [0.1, 0.15) is 69.7 Å². The van der Waals surface area contributed by atoms with E-state index in [0.29, 0.717) is 56.3 Å². The van der Waals surface area contributed by atoms with E-state index in [4.69, 9.17) is 16.3 Å². The monoisotopic (exact) mass is 599 g/mol. The summed E-state index contributed by atoms with van der Waals surface area (Å²) in [6, 6.07) is 10.6. The molecule has 6 nitrogen and oxygen atoms in total. The molecule has 3 atom stereocenters. The molecule has 2 aliphatic rings. The first-order valence-corrected chi connectivity index (χ1v) is 15.4. The van der Waals surface area contributed by atoms with Crippen LogP contribution in [0.15, 0.2) is 36.4 Å². The van der Waals surface area contributed by atoms with Gasteiger partial charge in [-0.15, -0.1) is 0 Å². The Bertz CT molecular complexity index is 1290. The van der Waals surface area contributed by atoms with E-state index in [1.54, 1.807) is 12.1 Å². The van der Waals surface area contributed by atoms with E-state index in [0.717, 1.165) is 5.56 Å². The Morgan fingerprint density at radius 2 is 1.62 bits per heavy atom. The molecule has 2 heterocycles. The van der Waals surface area contributed by atoms with Crippen molar-refractivity contribution in [3.63, 3.8) is 0 Å². The van der Waals surface area contributed by atoms with Crippen molar-refractivity contribution in [2.75, 3.05) is 39.3 Å². The van der Waals surface area contributed by atoms with Crippen LogP contribution in [-0.2, 0) is 20.7 Å². The number of benzene rings is 2. The highest BCUT2D eigenvalue weighted by molar-refractivity contribution is 6.30. The third-order valence-corrected chi connectivity index (χ3v) is 8.93. The number of aryl methyl sites for hydroxylation is 2. The maximum atomic E-state index is 15.1. The van der Waals surface area contributed by atoms with E-state index in [2.05, 4.69) is 62.6 Å². The van der Waals surface area contributed by atoms with Crippen molar-refractivity contribution in [3.05, 3.63) is 69.5 Å². The Morgan fingerprint density at radius 3 is 2.19 bits per heavy atom. The minimum absolute atomic E-state index is 0.0451. The largest absolute Gasteiger partial charge is 0.459 e. The van der Waals surface area contributed by atoms with Crippen molar-refractivity contribution in [3.8, 4) is 0 Å². The molecule has 0 radical (unpaired) electrons. The molecule has 8 heteroatoms. The molecule has 4 rings (SSSR count). The summed E-state index contributed by atoms with van der Waals surface area (Å²) in [6.45, 7) is 19.5. The van der Waals surface area contributed by atoms with Crippen LogP contribution in [0.5, 0.6) is 0 Å². The second-order valence-corrected chi connectivity index (χ2v) is 14.4. The second-order valence-electron chi connectivity index (χ2n) is 14.0. The van der Waals surface area contributed by atoms with Gasteiger partial charge in [0.05, 0.1) is 5.92 Å². The van der Waals surface area contributed by atoms with E-state index in [1.165, 1.54) is 17.2 Å². The Hall–Kier alpha value is -2.48. The third kappa shape index (κ3) is 7.72. The Morgan fingerprint density at radius 1 is 0.952 bits per heavy atom. The zero-order valence-corrected chi connectivity index (χ0v) is 27.2. The summed E-state index contributed by atoms with van der Waals surface area (Å²) >= 11 is 6.04. The molecule has 2 aliphatic heterocycles. The topological polar surface area (TPSA) is 53.1 Å². The summed E-state index contributed by atoms with van der Waals surface area (Å²) in [7, 11) is 0. The Balaban J connectivity index is 1.51. The standard InChI is InChI=1S/C34H47ClFN3O3/c1-22-9-10-24(17-23(22)2)18-30(32(41)42-34(6,7)8)37-13-15-38(16-14-37)31(40)28-21-39(33(3,4)5)20-27(28)26-12-11-25(35)19-29(26)36/h9-12,17,19,27-28,30H,13-16,18,20-21H2,1-8H3/t27-,28+,30-/m0/s1. The van der Waals surface area contributed by atoms with Gasteiger partial charge in [-0.25, -0.2) is 4.39 Å². The number of ether oxygens (including phenoxy) is 1. The molecule has 0 unspecified atom stereocenters. The van der Waals surface area contributed by atoms with E-state index < -0.39 is 11.6 Å². The zero-order chi connectivity index (χ0) is 31.0. The molecular formula is C34H47ClFN3O3. The quantitative estimate of drug-likeness (QED) is 0.381. The SMILES string of the molecule is Cc1ccc(C[C@@H](C(=O)OC(C)(C)C)N2CCN(C(=O)[C@@H]3CN(C(C)(C)C)C[C@H]3c3ccc(Cl)cc3F)CC2)cc1C. The van der Waals surface area contributed by atoms with Gasteiger partial charge >= 0.3 is 5.97 Å². The lowest BCUT2D eigenvalue weighted by molar-refractivity contribution is -0.162. The zero-order valence-electron chi connectivity index (χ0n) is 26.5. The number of halogens is 2. The molecule has 2 saturated heterocycles. The van der Waals surface area contributed by atoms with Crippen LogP contribution in [0.4, 0.5) is 4.39 Å². The number of piperazine rings is 1. The number of rotatable bonds is 6. The highest BCUT2D eigenvalue weighted by atomic mass is 35.5. The van der Waals surface area contributed by atoms with E-state index in [-0.39, 0.29) is 35.1 Å². The number of amides is 1. The molecule has 0 spiro atoms. The van der Waals surface area contributed by atoms with Gasteiger partial charge in [-0.05, 0) is 96.2 Å². The van der Waals surface area contributed by atoms with E-state index in [1.807, 2.05) is 25.7 Å². The van der Waals surface area contributed by atoms with Crippen molar-refractivity contribution < 1.29 is 18.7 Å². The molecule has 0 aliphatic carbocycles. The number of carbonyl (C=O) groups is 2. The van der Waals surface area contributed by atoms with Gasteiger partial charge in [0.2, 0.25) is 5.91 Å². The van der Waals surface area contributed by atoms with Gasteiger partial charge in [0.15, 0.2) is 0 Å². The van der Waals surface area contributed by atoms with Gasteiger partial charge in [-0.2, -0.15) is 0 Å². The predicted molar refractivity (Wildman–Crippen MR) is 166 cm³/mol. The lowest BCUT2D eigenvalue weighted by atomic mass is 9.87. The fourth-order valence-electron chi connectivity index (χ4n) is 6.09. The van der Waals surface area contributed by atoms with Gasteiger partial charge in [-0.3, -0.25) is 19.4 Å². The molecule has 42 heavy (non-hydrogen) atoms. The summed E-state index contributed by atoms with van der Waals surface area (Å²) in [5.41, 5.74) is 3.30. The fourth-order valence-corrected chi connectivity index (χ4v) is 6.25. The number of hydrogen-bond donors (Lipinski definition) is 0. The molecular weight excluding hydrogens is 553 g/mol. The molecule has 2 aromatic rings. The van der Waals surface area contributed by atoms with Crippen LogP contribution in [0.3, 0.4) is 0 Å². The van der Waals surface area contributed by atoms with Gasteiger partial charge in [0.1, 0.15) is 17.5 Å². The van der Waals surface area contributed by atoms with Crippen LogP contribution in [0.25, 0.3) is 0 Å². The van der Waals surface area contributed by atoms with E-state index >= 15 is 4.39 Å². The van der Waals surface area contributed by atoms with Crippen molar-refractivity contribution in [2.24, 2.45) is 5.92 Å². The maximum absolute atomic E-state index is 15.1. The van der Waals surface area contributed by atoms with E-state index in [9.17, 15) is 9.59 Å². The predicted octanol–water partition coefficient (Wildman–Crippen LogP) is 6.01. The van der Waals surface area contributed by atoms with Crippen LogP contribution in [-0.4, -0.2) is 83.0 Å².